The van der Waals surface area contributed by atoms with Crippen molar-refractivity contribution in [1.29, 1.82) is 0 Å². The second-order valence-electron chi connectivity index (χ2n) is 14.5. The number of hydrogen-bond acceptors (Lipinski definition) is 7. The number of ether oxygens (including phenoxy) is 3. The van der Waals surface area contributed by atoms with Crippen LogP contribution in [0.3, 0.4) is 0 Å². The summed E-state index contributed by atoms with van der Waals surface area (Å²) in [5, 5.41) is 10.7. The molecule has 0 aliphatic heterocycles. The lowest BCUT2D eigenvalue weighted by Gasteiger charge is -2.15. The number of nitrogens with one attached hydrogen (secondary N) is 1. The van der Waals surface area contributed by atoms with Gasteiger partial charge in [0.05, 0.1) is 38.0 Å². The number of fused-ring (bicyclic) bond motifs is 2. The Morgan fingerprint density at radius 2 is 1.38 bits per heavy atom. The van der Waals surface area contributed by atoms with Gasteiger partial charge in [0.15, 0.2) is 0 Å². The van der Waals surface area contributed by atoms with Crippen LogP contribution in [0.4, 0.5) is 0 Å². The highest BCUT2D eigenvalue weighted by molar-refractivity contribution is 6.76. The van der Waals surface area contributed by atoms with Gasteiger partial charge in [-0.1, -0.05) is 19.6 Å². The molecule has 8 rings (SSSR count). The topological polar surface area (TPSA) is 110 Å². The highest BCUT2D eigenvalue weighted by Crippen LogP contribution is 2.34. The molecule has 0 bridgehead atoms. The van der Waals surface area contributed by atoms with Crippen LogP contribution in [0.2, 0.25) is 25.7 Å². The third kappa shape index (κ3) is 7.99. The van der Waals surface area contributed by atoms with Gasteiger partial charge < -0.3 is 23.8 Å². The van der Waals surface area contributed by atoms with Crippen LogP contribution in [-0.4, -0.2) is 67.0 Å². The molecule has 0 saturated heterocycles. The van der Waals surface area contributed by atoms with Crippen molar-refractivity contribution in [1.82, 2.24) is 39.1 Å². The molecule has 11 nitrogen and oxygen atoms in total. The smallest absolute Gasteiger partial charge is 0.142 e. The monoisotopic (exact) mass is 666 g/mol. The molecular weight excluding hydrogens is 621 g/mol. The van der Waals surface area contributed by atoms with Gasteiger partial charge in [-0.25, -0.2) is 9.97 Å². The van der Waals surface area contributed by atoms with Crippen LogP contribution in [0.25, 0.3) is 44.3 Å². The Labute approximate surface area is 282 Å². The molecular formula is C36H46N8O3Si. The normalized spacial score (nSPS) is 14.8. The molecule has 12 heteroatoms. The van der Waals surface area contributed by atoms with Crippen molar-refractivity contribution < 1.29 is 14.2 Å². The number of hydrogen-bond donors (Lipinski definition) is 1. The van der Waals surface area contributed by atoms with E-state index in [4.69, 9.17) is 19.2 Å². The quantitative estimate of drug-likeness (QED) is 0.102. The van der Waals surface area contributed by atoms with E-state index in [2.05, 4.69) is 62.7 Å². The maximum absolute atomic E-state index is 5.98. The molecule has 0 amide bonds. The summed E-state index contributed by atoms with van der Waals surface area (Å²) in [4.78, 5) is 12.3. The summed E-state index contributed by atoms with van der Waals surface area (Å²) >= 11 is 0. The Morgan fingerprint density at radius 3 is 1.96 bits per heavy atom. The van der Waals surface area contributed by atoms with Crippen LogP contribution in [0.15, 0.2) is 61.7 Å². The van der Waals surface area contributed by atoms with E-state index in [0.29, 0.717) is 6.73 Å². The molecule has 6 aromatic heterocycles. The van der Waals surface area contributed by atoms with Gasteiger partial charge in [0.1, 0.15) is 29.5 Å². The number of aryl methyl sites for hydroxylation is 2. The maximum Gasteiger partial charge on any atom is 0.142 e. The molecule has 0 radical (unpaired) electrons. The van der Waals surface area contributed by atoms with E-state index < -0.39 is 8.07 Å². The van der Waals surface area contributed by atoms with Gasteiger partial charge in [-0.05, 0) is 55.7 Å². The van der Waals surface area contributed by atoms with Gasteiger partial charge in [-0.15, -0.1) is 0 Å². The Bertz CT molecular complexity index is 1990. The largest absolute Gasteiger partial charge is 0.492 e. The van der Waals surface area contributed by atoms with Crippen molar-refractivity contribution in [3.8, 4) is 33.8 Å². The molecule has 6 heterocycles. The molecule has 252 valence electrons. The molecule has 48 heavy (non-hydrogen) atoms. The minimum atomic E-state index is -1.09. The predicted octanol–water partition coefficient (Wildman–Crippen LogP) is 7.29. The van der Waals surface area contributed by atoms with Gasteiger partial charge in [0.25, 0.3) is 0 Å². The third-order valence-electron chi connectivity index (χ3n) is 8.82. The van der Waals surface area contributed by atoms with Crippen molar-refractivity contribution in [2.75, 3.05) is 19.8 Å². The Hall–Kier alpha value is -4.42. The van der Waals surface area contributed by atoms with Crippen LogP contribution in [0.5, 0.6) is 11.5 Å². The molecule has 2 aliphatic rings. The lowest BCUT2D eigenvalue weighted by atomic mass is 10.1. The lowest BCUT2D eigenvalue weighted by molar-refractivity contribution is 0.0899. The van der Waals surface area contributed by atoms with Gasteiger partial charge in [-0.2, -0.15) is 10.2 Å². The van der Waals surface area contributed by atoms with E-state index in [9.17, 15) is 0 Å². The highest BCUT2D eigenvalue weighted by Gasteiger charge is 2.23. The van der Waals surface area contributed by atoms with Gasteiger partial charge >= 0.3 is 0 Å². The van der Waals surface area contributed by atoms with E-state index in [1.807, 2.05) is 56.0 Å². The zero-order valence-electron chi connectivity index (χ0n) is 28.6. The molecule has 2 aliphatic carbocycles. The predicted molar refractivity (Wildman–Crippen MR) is 191 cm³/mol. The van der Waals surface area contributed by atoms with Crippen molar-refractivity contribution in [2.24, 2.45) is 25.9 Å². The summed E-state index contributed by atoms with van der Waals surface area (Å²) in [7, 11) is 2.76. The number of aromatic amines is 1. The van der Waals surface area contributed by atoms with Gasteiger partial charge in [0.2, 0.25) is 0 Å². The molecule has 0 atom stereocenters. The Kier molecular flexibility index (Phi) is 9.10. The highest BCUT2D eigenvalue weighted by atomic mass is 28.3. The maximum atomic E-state index is 5.98. The second kappa shape index (κ2) is 13.6. The summed E-state index contributed by atoms with van der Waals surface area (Å²) in [5.74, 6) is 3.14. The summed E-state index contributed by atoms with van der Waals surface area (Å²) in [6.07, 6.45) is 20.6. The second-order valence-corrected chi connectivity index (χ2v) is 20.1. The minimum absolute atomic E-state index is 0.510. The first-order chi connectivity index (χ1) is 23.2. The SMILES string of the molecule is Cn1cc(-c2c[nH]c3ncc(OCC4CC4)cc23)cn1.Cn1cc(-c2cn(COCC[Si](C)(C)C)c3ncc(OCC4CC4)cc23)cn1. The lowest BCUT2D eigenvalue weighted by Crippen LogP contribution is -2.22. The molecule has 0 unspecified atom stereocenters. The standard InChI is InChI=1S/C21H30N4O2Si.C15H16N4O/c1-24-12-17(10-23-24)20-13-25(15-26-7-8-28(2,3)4)21-19(20)9-18(11-22-21)27-14-16-5-6-16;1-19-8-11(5-18-19)14-7-17-15-13(14)4-12(6-16-15)20-9-10-2-3-10/h9-13,16H,5-8,14-15H2,1-4H3;4-8,10H,2-3,9H2,1H3,(H,16,17). The van der Waals surface area contributed by atoms with Crippen molar-refractivity contribution in [3.63, 3.8) is 0 Å². The Balaban J connectivity index is 0.000000160. The third-order valence-corrected chi connectivity index (χ3v) is 10.5. The van der Waals surface area contributed by atoms with Crippen LogP contribution in [0, 0.1) is 11.8 Å². The first-order valence-corrected chi connectivity index (χ1v) is 20.7. The Morgan fingerprint density at radius 1 is 0.771 bits per heavy atom. The van der Waals surface area contributed by atoms with Crippen LogP contribution >= 0.6 is 0 Å². The van der Waals surface area contributed by atoms with E-state index in [1.165, 1.54) is 25.7 Å². The van der Waals surface area contributed by atoms with E-state index in [1.54, 1.807) is 10.9 Å². The molecule has 0 aromatic carbocycles. The average Bonchev–Trinajstić information content (AvgIpc) is 3.89. The summed E-state index contributed by atoms with van der Waals surface area (Å²) in [6, 6.07) is 5.32. The first-order valence-electron chi connectivity index (χ1n) is 17.0. The number of pyridine rings is 2. The molecule has 2 fully saturated rings. The fourth-order valence-electron chi connectivity index (χ4n) is 5.52. The minimum Gasteiger partial charge on any atom is -0.492 e. The van der Waals surface area contributed by atoms with E-state index >= 15 is 0 Å². The van der Waals surface area contributed by atoms with E-state index in [-0.39, 0.29) is 0 Å². The van der Waals surface area contributed by atoms with Crippen LogP contribution < -0.4 is 9.47 Å². The molecule has 2 saturated carbocycles. The zero-order chi connectivity index (χ0) is 33.3. The van der Waals surface area contributed by atoms with Crippen molar-refractivity contribution in [3.05, 3.63) is 61.7 Å². The summed E-state index contributed by atoms with van der Waals surface area (Å²) < 4.78 is 23.5. The number of H-pyrrole nitrogens is 1. The number of aromatic nitrogens is 8. The van der Waals surface area contributed by atoms with Crippen LogP contribution in [-0.2, 0) is 25.6 Å². The molecule has 1 N–H and O–H groups in total. The summed E-state index contributed by atoms with van der Waals surface area (Å²) in [5.41, 5.74) is 6.18. The fourth-order valence-corrected chi connectivity index (χ4v) is 6.28. The van der Waals surface area contributed by atoms with Gasteiger partial charge in [0, 0.05) is 86.6 Å². The zero-order valence-corrected chi connectivity index (χ0v) is 29.6. The van der Waals surface area contributed by atoms with Crippen molar-refractivity contribution in [2.45, 2.75) is 58.1 Å². The van der Waals surface area contributed by atoms with Crippen LogP contribution in [0.1, 0.15) is 25.7 Å². The first kappa shape index (κ1) is 32.1. The van der Waals surface area contributed by atoms with Gasteiger partial charge in [-0.3, -0.25) is 9.36 Å². The molecule has 6 aromatic rings. The average molecular weight is 667 g/mol. The van der Waals surface area contributed by atoms with Crippen molar-refractivity contribution >= 4 is 30.1 Å². The number of nitrogens with zero attached hydrogens (tertiary/aromatic N) is 7. The van der Waals surface area contributed by atoms with E-state index in [0.717, 1.165) is 93.5 Å². The fraction of sp³-hybridized carbons (Fsp3) is 0.444. The molecule has 0 spiro atoms. The summed E-state index contributed by atoms with van der Waals surface area (Å²) in [6.45, 7) is 10.00. The number of rotatable bonds is 13.